The van der Waals surface area contributed by atoms with E-state index in [1.165, 1.54) is 30.0 Å². The molecular weight excluding hydrogens is 226 g/mol. The number of hydrogen-bond acceptors (Lipinski definition) is 5. The first-order valence-corrected chi connectivity index (χ1v) is 7.40. The van der Waals surface area contributed by atoms with Crippen LogP contribution in [-0.4, -0.2) is 22.5 Å². The summed E-state index contributed by atoms with van der Waals surface area (Å²) in [4.78, 5) is 0. The van der Waals surface area contributed by atoms with Gasteiger partial charge in [-0.1, -0.05) is 6.42 Å². The number of rotatable bonds is 4. The summed E-state index contributed by atoms with van der Waals surface area (Å²) in [6, 6.07) is 0. The molecule has 1 aromatic heterocycles. The number of hydrogen-bond donors (Lipinski definition) is 1. The zero-order valence-electron chi connectivity index (χ0n) is 8.82. The van der Waals surface area contributed by atoms with E-state index in [4.69, 9.17) is 5.73 Å². The Morgan fingerprint density at radius 3 is 3.00 bits per heavy atom. The van der Waals surface area contributed by atoms with Crippen molar-refractivity contribution in [3.05, 3.63) is 10.0 Å². The van der Waals surface area contributed by atoms with Gasteiger partial charge in [-0.05, 0) is 31.6 Å². The van der Waals surface area contributed by atoms with Gasteiger partial charge < -0.3 is 5.73 Å². The second-order valence-electron chi connectivity index (χ2n) is 3.78. The lowest BCUT2D eigenvalue weighted by Gasteiger charge is -2.17. The summed E-state index contributed by atoms with van der Waals surface area (Å²) in [5, 5.41) is 11.5. The van der Waals surface area contributed by atoms with Gasteiger partial charge in [0.15, 0.2) is 0 Å². The van der Waals surface area contributed by atoms with Crippen LogP contribution in [0.4, 0.5) is 0 Å². The third-order valence-corrected chi connectivity index (χ3v) is 5.16. The molecule has 0 aliphatic carbocycles. The van der Waals surface area contributed by atoms with Crippen LogP contribution in [0.2, 0.25) is 0 Å². The van der Waals surface area contributed by atoms with E-state index in [9.17, 15) is 0 Å². The van der Waals surface area contributed by atoms with Gasteiger partial charge in [-0.3, -0.25) is 0 Å². The maximum absolute atomic E-state index is 5.48. The number of aromatic nitrogens is 2. The maximum atomic E-state index is 5.48. The van der Waals surface area contributed by atoms with Crippen LogP contribution < -0.4 is 5.73 Å². The van der Waals surface area contributed by atoms with E-state index in [0.29, 0.717) is 5.25 Å². The topological polar surface area (TPSA) is 51.8 Å². The van der Waals surface area contributed by atoms with Crippen LogP contribution in [-0.2, 0) is 6.42 Å². The lowest BCUT2D eigenvalue weighted by atomic mass is 10.2. The zero-order valence-corrected chi connectivity index (χ0v) is 10.4. The SMILES string of the molecule is NCCCc1nnc(C2CCCCS2)s1. The Labute approximate surface area is 98.9 Å². The molecule has 2 N–H and O–H groups in total. The molecule has 1 aromatic rings. The molecular formula is C10H17N3S2. The lowest BCUT2D eigenvalue weighted by molar-refractivity contribution is 0.678. The molecule has 1 saturated heterocycles. The minimum Gasteiger partial charge on any atom is -0.330 e. The average Bonchev–Trinajstić information content (AvgIpc) is 2.76. The van der Waals surface area contributed by atoms with Gasteiger partial charge in [-0.2, -0.15) is 11.8 Å². The van der Waals surface area contributed by atoms with Crippen molar-refractivity contribution in [3.63, 3.8) is 0 Å². The van der Waals surface area contributed by atoms with Crippen LogP contribution in [0.15, 0.2) is 0 Å². The molecule has 0 saturated carbocycles. The van der Waals surface area contributed by atoms with Gasteiger partial charge in [0.2, 0.25) is 0 Å². The molecule has 2 rings (SSSR count). The highest BCUT2D eigenvalue weighted by molar-refractivity contribution is 7.99. The molecule has 0 radical (unpaired) electrons. The van der Waals surface area contributed by atoms with E-state index < -0.39 is 0 Å². The van der Waals surface area contributed by atoms with Crippen molar-refractivity contribution in [2.45, 2.75) is 37.4 Å². The summed E-state index contributed by atoms with van der Waals surface area (Å²) in [5.41, 5.74) is 5.48. The van der Waals surface area contributed by atoms with E-state index in [1.807, 2.05) is 11.8 Å². The largest absolute Gasteiger partial charge is 0.330 e. The molecule has 1 aliphatic heterocycles. The summed E-state index contributed by atoms with van der Waals surface area (Å²) >= 11 is 3.82. The molecule has 1 aliphatic rings. The Hall–Kier alpha value is -0.130. The fourth-order valence-corrected chi connectivity index (χ4v) is 4.11. The summed E-state index contributed by atoms with van der Waals surface area (Å²) in [6.45, 7) is 0.743. The van der Waals surface area contributed by atoms with Crippen molar-refractivity contribution >= 4 is 23.1 Å². The average molecular weight is 243 g/mol. The number of nitrogens with two attached hydrogens (primary N) is 1. The second-order valence-corrected chi connectivity index (χ2v) is 6.19. The number of nitrogens with zero attached hydrogens (tertiary/aromatic N) is 2. The molecule has 3 nitrogen and oxygen atoms in total. The zero-order chi connectivity index (χ0) is 10.5. The van der Waals surface area contributed by atoms with Crippen molar-refractivity contribution in [2.24, 2.45) is 5.73 Å². The van der Waals surface area contributed by atoms with Crippen molar-refractivity contribution in [1.29, 1.82) is 0 Å². The Kier molecular flexibility index (Phi) is 4.41. The first-order valence-electron chi connectivity index (χ1n) is 5.54. The predicted octanol–water partition coefficient (Wildman–Crippen LogP) is 2.39. The quantitative estimate of drug-likeness (QED) is 0.882. The predicted molar refractivity (Wildman–Crippen MR) is 66.3 cm³/mol. The van der Waals surface area contributed by atoms with Crippen LogP contribution in [0.1, 0.15) is 40.9 Å². The van der Waals surface area contributed by atoms with Crippen molar-refractivity contribution < 1.29 is 0 Å². The summed E-state index contributed by atoms with van der Waals surface area (Å²) in [5.74, 6) is 1.28. The van der Waals surface area contributed by atoms with E-state index in [2.05, 4.69) is 10.2 Å². The van der Waals surface area contributed by atoms with Gasteiger partial charge in [0, 0.05) is 6.42 Å². The van der Waals surface area contributed by atoms with Crippen molar-refractivity contribution in [2.75, 3.05) is 12.3 Å². The van der Waals surface area contributed by atoms with Crippen LogP contribution in [0.25, 0.3) is 0 Å². The van der Waals surface area contributed by atoms with Crippen LogP contribution in [0.5, 0.6) is 0 Å². The van der Waals surface area contributed by atoms with Gasteiger partial charge >= 0.3 is 0 Å². The summed E-state index contributed by atoms with van der Waals surface area (Å²) in [6.07, 6.45) is 5.99. The van der Waals surface area contributed by atoms with E-state index in [0.717, 1.165) is 24.4 Å². The normalized spacial score (nSPS) is 21.8. The highest BCUT2D eigenvalue weighted by Crippen LogP contribution is 2.39. The standard InChI is InChI=1S/C10H17N3S2/c11-6-3-5-9-12-13-10(15-9)8-4-1-2-7-14-8/h8H,1-7,11H2. The third kappa shape index (κ3) is 3.16. The first kappa shape index (κ1) is 11.4. The van der Waals surface area contributed by atoms with E-state index in [1.54, 1.807) is 11.3 Å². The molecule has 0 aromatic carbocycles. The molecule has 5 heteroatoms. The maximum Gasteiger partial charge on any atom is 0.130 e. The molecule has 0 spiro atoms. The minimum absolute atomic E-state index is 0.614. The van der Waals surface area contributed by atoms with Gasteiger partial charge in [-0.15, -0.1) is 21.5 Å². The first-order chi connectivity index (χ1) is 7.40. The van der Waals surface area contributed by atoms with Crippen LogP contribution >= 0.6 is 23.1 Å². The summed E-state index contributed by atoms with van der Waals surface area (Å²) < 4.78 is 0. The highest BCUT2D eigenvalue weighted by atomic mass is 32.2. The smallest absolute Gasteiger partial charge is 0.130 e. The van der Waals surface area contributed by atoms with E-state index >= 15 is 0 Å². The van der Waals surface area contributed by atoms with E-state index in [-0.39, 0.29) is 0 Å². The number of aryl methyl sites for hydroxylation is 1. The van der Waals surface area contributed by atoms with Crippen LogP contribution in [0, 0.1) is 0 Å². The molecule has 1 atom stereocenters. The summed E-state index contributed by atoms with van der Waals surface area (Å²) in [7, 11) is 0. The lowest BCUT2D eigenvalue weighted by Crippen LogP contribution is -2.01. The van der Waals surface area contributed by atoms with Gasteiger partial charge in [0.05, 0.1) is 5.25 Å². The minimum atomic E-state index is 0.614. The Morgan fingerprint density at radius 2 is 2.27 bits per heavy atom. The molecule has 15 heavy (non-hydrogen) atoms. The second kappa shape index (κ2) is 5.82. The third-order valence-electron chi connectivity index (χ3n) is 2.53. The molecule has 84 valence electrons. The van der Waals surface area contributed by atoms with Gasteiger partial charge in [0.25, 0.3) is 0 Å². The van der Waals surface area contributed by atoms with Gasteiger partial charge in [-0.25, -0.2) is 0 Å². The molecule has 0 bridgehead atoms. The molecule has 0 amide bonds. The van der Waals surface area contributed by atoms with Crippen LogP contribution in [0.3, 0.4) is 0 Å². The van der Waals surface area contributed by atoms with Crippen molar-refractivity contribution in [3.8, 4) is 0 Å². The fraction of sp³-hybridized carbons (Fsp3) is 0.800. The Balaban J connectivity index is 1.93. The van der Waals surface area contributed by atoms with Crippen molar-refractivity contribution in [1.82, 2.24) is 10.2 Å². The highest BCUT2D eigenvalue weighted by Gasteiger charge is 2.19. The Bertz CT molecular complexity index is 295. The molecule has 1 fully saturated rings. The van der Waals surface area contributed by atoms with Gasteiger partial charge in [0.1, 0.15) is 10.0 Å². The molecule has 1 unspecified atom stereocenters. The number of thioether (sulfide) groups is 1. The Morgan fingerprint density at radius 1 is 1.33 bits per heavy atom. The monoisotopic (exact) mass is 243 g/mol. The fourth-order valence-electron chi connectivity index (χ4n) is 1.69. The molecule has 2 heterocycles.